The number of halogens is 1. The molecule has 1 unspecified atom stereocenters. The van der Waals surface area contributed by atoms with Crippen LogP contribution in [0.15, 0.2) is 48.5 Å². The first-order chi connectivity index (χ1) is 9.76. The van der Waals surface area contributed by atoms with E-state index in [1.54, 1.807) is 0 Å². The summed E-state index contributed by atoms with van der Waals surface area (Å²) in [6.07, 6.45) is 0.968. The van der Waals surface area contributed by atoms with Crippen LogP contribution in [-0.2, 0) is 0 Å². The first-order valence-electron chi connectivity index (χ1n) is 6.69. The number of hydrogen-bond donors (Lipinski definition) is 2. The van der Waals surface area contributed by atoms with Crippen LogP contribution in [0, 0.1) is 0 Å². The van der Waals surface area contributed by atoms with E-state index in [2.05, 4.69) is 12.3 Å². The third kappa shape index (κ3) is 3.51. The second kappa shape index (κ2) is 7.29. The number of ether oxygens (including phenoxy) is 1. The normalized spacial score (nSPS) is 12.2. The van der Waals surface area contributed by atoms with Crippen molar-refractivity contribution in [2.75, 3.05) is 6.61 Å². The molecule has 0 saturated carbocycles. The van der Waals surface area contributed by atoms with Gasteiger partial charge in [-0.05, 0) is 30.2 Å². The number of hydrazine groups is 1. The number of nitrogens with two attached hydrogens (primary N) is 1. The molecule has 0 radical (unpaired) electrons. The van der Waals surface area contributed by atoms with Gasteiger partial charge < -0.3 is 4.74 Å². The Morgan fingerprint density at radius 3 is 2.50 bits per heavy atom. The summed E-state index contributed by atoms with van der Waals surface area (Å²) >= 11 is 5.93. The number of para-hydroxylation sites is 1. The van der Waals surface area contributed by atoms with Crippen LogP contribution < -0.4 is 16.0 Å². The summed E-state index contributed by atoms with van der Waals surface area (Å²) in [6.45, 7) is 2.77. The first-order valence-corrected chi connectivity index (χ1v) is 7.07. The fourth-order valence-corrected chi connectivity index (χ4v) is 2.21. The lowest BCUT2D eigenvalue weighted by molar-refractivity contribution is 0.311. The van der Waals surface area contributed by atoms with Crippen LogP contribution in [0.2, 0.25) is 5.02 Å². The molecular weight excluding hydrogens is 272 g/mol. The van der Waals surface area contributed by atoms with E-state index >= 15 is 0 Å². The van der Waals surface area contributed by atoms with Gasteiger partial charge in [0.1, 0.15) is 5.75 Å². The molecule has 0 bridgehead atoms. The van der Waals surface area contributed by atoms with Gasteiger partial charge in [-0.15, -0.1) is 0 Å². The molecule has 106 valence electrons. The Hall–Kier alpha value is -1.55. The molecule has 0 aliphatic heterocycles. The molecule has 3 N–H and O–H groups in total. The minimum Gasteiger partial charge on any atom is -0.493 e. The van der Waals surface area contributed by atoms with Gasteiger partial charge in [-0.25, -0.2) is 5.43 Å². The molecule has 0 spiro atoms. The third-order valence-electron chi connectivity index (χ3n) is 3.06. The van der Waals surface area contributed by atoms with E-state index in [4.69, 9.17) is 22.2 Å². The zero-order valence-electron chi connectivity index (χ0n) is 11.5. The van der Waals surface area contributed by atoms with Crippen molar-refractivity contribution in [2.24, 2.45) is 5.84 Å². The maximum absolute atomic E-state index is 5.93. The smallest absolute Gasteiger partial charge is 0.124 e. The Morgan fingerprint density at radius 2 is 1.85 bits per heavy atom. The minimum absolute atomic E-state index is 0.125. The fraction of sp³-hybridized carbons (Fsp3) is 0.250. The predicted octanol–water partition coefficient (Wildman–Crippen LogP) is 3.68. The van der Waals surface area contributed by atoms with Crippen LogP contribution >= 0.6 is 11.6 Å². The molecule has 4 heteroatoms. The summed E-state index contributed by atoms with van der Waals surface area (Å²) in [5.74, 6) is 6.59. The number of hydrogen-bond acceptors (Lipinski definition) is 3. The molecule has 2 rings (SSSR count). The van der Waals surface area contributed by atoms with Gasteiger partial charge in [0.15, 0.2) is 0 Å². The highest BCUT2D eigenvalue weighted by Gasteiger charge is 2.16. The third-order valence-corrected chi connectivity index (χ3v) is 3.31. The summed E-state index contributed by atoms with van der Waals surface area (Å²) < 4.78 is 5.79. The molecule has 0 aliphatic rings. The van der Waals surface area contributed by atoms with Crippen molar-refractivity contribution in [3.8, 4) is 5.75 Å². The van der Waals surface area contributed by atoms with Crippen LogP contribution in [-0.4, -0.2) is 6.61 Å². The van der Waals surface area contributed by atoms with Crippen LogP contribution in [0.25, 0.3) is 0 Å². The summed E-state index contributed by atoms with van der Waals surface area (Å²) in [4.78, 5) is 0. The van der Waals surface area contributed by atoms with Crippen molar-refractivity contribution in [3.05, 3.63) is 64.7 Å². The Kier molecular flexibility index (Phi) is 5.41. The molecule has 3 nitrogen and oxygen atoms in total. The SMILES string of the molecule is CCCOc1ccccc1C(NN)c1ccc(Cl)cc1. The molecule has 0 heterocycles. The molecule has 20 heavy (non-hydrogen) atoms. The Morgan fingerprint density at radius 1 is 1.15 bits per heavy atom. The zero-order valence-corrected chi connectivity index (χ0v) is 12.2. The molecule has 0 amide bonds. The van der Waals surface area contributed by atoms with E-state index in [-0.39, 0.29) is 6.04 Å². The lowest BCUT2D eigenvalue weighted by Crippen LogP contribution is -2.29. The molecule has 2 aromatic carbocycles. The van der Waals surface area contributed by atoms with E-state index in [1.165, 1.54) is 0 Å². The molecule has 0 aromatic heterocycles. The molecule has 0 saturated heterocycles. The summed E-state index contributed by atoms with van der Waals surface area (Å²) in [7, 11) is 0. The largest absolute Gasteiger partial charge is 0.493 e. The summed E-state index contributed by atoms with van der Waals surface area (Å²) in [5, 5.41) is 0.708. The molecular formula is C16H19ClN2O. The monoisotopic (exact) mass is 290 g/mol. The Labute approximate surface area is 124 Å². The number of rotatable bonds is 6. The van der Waals surface area contributed by atoms with E-state index in [0.29, 0.717) is 11.6 Å². The summed E-state index contributed by atoms with van der Waals surface area (Å²) in [6, 6.07) is 15.4. The zero-order chi connectivity index (χ0) is 14.4. The molecule has 0 aliphatic carbocycles. The van der Waals surface area contributed by atoms with Gasteiger partial charge in [0.05, 0.1) is 12.6 Å². The van der Waals surface area contributed by atoms with Gasteiger partial charge >= 0.3 is 0 Å². The highest BCUT2D eigenvalue weighted by molar-refractivity contribution is 6.30. The highest BCUT2D eigenvalue weighted by atomic mass is 35.5. The quantitative estimate of drug-likeness (QED) is 0.630. The lowest BCUT2D eigenvalue weighted by Gasteiger charge is -2.20. The summed E-state index contributed by atoms with van der Waals surface area (Å²) in [5.41, 5.74) is 4.91. The van der Waals surface area contributed by atoms with Crippen LogP contribution in [0.4, 0.5) is 0 Å². The minimum atomic E-state index is -0.125. The average molecular weight is 291 g/mol. The maximum Gasteiger partial charge on any atom is 0.124 e. The molecule has 2 aromatic rings. The van der Waals surface area contributed by atoms with Gasteiger partial charge in [-0.1, -0.05) is 48.9 Å². The fourth-order valence-electron chi connectivity index (χ4n) is 2.08. The van der Waals surface area contributed by atoms with Gasteiger partial charge in [0, 0.05) is 10.6 Å². The van der Waals surface area contributed by atoms with Gasteiger partial charge in [-0.3, -0.25) is 5.84 Å². The second-order valence-electron chi connectivity index (χ2n) is 4.54. The van der Waals surface area contributed by atoms with Crippen LogP contribution in [0.1, 0.15) is 30.5 Å². The second-order valence-corrected chi connectivity index (χ2v) is 4.97. The van der Waals surface area contributed by atoms with Crippen molar-refractivity contribution in [3.63, 3.8) is 0 Å². The van der Waals surface area contributed by atoms with Crippen molar-refractivity contribution in [1.82, 2.24) is 5.43 Å². The van der Waals surface area contributed by atoms with Crippen molar-refractivity contribution < 1.29 is 4.74 Å². The first kappa shape index (κ1) is 14.9. The van der Waals surface area contributed by atoms with Crippen molar-refractivity contribution in [2.45, 2.75) is 19.4 Å². The van der Waals surface area contributed by atoms with E-state index in [1.807, 2.05) is 48.5 Å². The number of nitrogens with one attached hydrogen (secondary N) is 1. The standard InChI is InChI=1S/C16H19ClN2O/c1-2-11-20-15-6-4-3-5-14(15)16(19-18)12-7-9-13(17)10-8-12/h3-10,16,19H,2,11,18H2,1H3. The van der Waals surface area contributed by atoms with Crippen LogP contribution in [0.5, 0.6) is 5.75 Å². The van der Waals surface area contributed by atoms with Gasteiger partial charge in [-0.2, -0.15) is 0 Å². The Balaban J connectivity index is 2.33. The van der Waals surface area contributed by atoms with Crippen LogP contribution in [0.3, 0.4) is 0 Å². The van der Waals surface area contributed by atoms with E-state index in [9.17, 15) is 0 Å². The lowest BCUT2D eigenvalue weighted by atomic mass is 9.98. The highest BCUT2D eigenvalue weighted by Crippen LogP contribution is 2.30. The molecule has 0 fully saturated rings. The maximum atomic E-state index is 5.93. The van der Waals surface area contributed by atoms with Gasteiger partial charge in [0.2, 0.25) is 0 Å². The Bertz CT molecular complexity index is 542. The van der Waals surface area contributed by atoms with E-state index in [0.717, 1.165) is 23.3 Å². The average Bonchev–Trinajstić information content (AvgIpc) is 2.49. The van der Waals surface area contributed by atoms with Crippen molar-refractivity contribution in [1.29, 1.82) is 0 Å². The van der Waals surface area contributed by atoms with Gasteiger partial charge in [0.25, 0.3) is 0 Å². The molecule has 1 atom stereocenters. The topological polar surface area (TPSA) is 47.3 Å². The number of benzene rings is 2. The van der Waals surface area contributed by atoms with E-state index < -0.39 is 0 Å². The predicted molar refractivity (Wildman–Crippen MR) is 82.8 cm³/mol. The van der Waals surface area contributed by atoms with Crippen molar-refractivity contribution >= 4 is 11.6 Å².